The first-order valence-corrected chi connectivity index (χ1v) is 7.59. The molecule has 2 aromatic rings. The number of carbonyl (C=O) groups excluding carboxylic acids is 1. The molecule has 2 rings (SSSR count). The minimum Gasteiger partial charge on any atom is -0.457 e. The van der Waals surface area contributed by atoms with Crippen molar-refractivity contribution in [2.45, 2.75) is 20.4 Å². The van der Waals surface area contributed by atoms with E-state index in [1.165, 1.54) is 6.08 Å². The minimum atomic E-state index is -0.131. The van der Waals surface area contributed by atoms with Gasteiger partial charge in [0.15, 0.2) is 0 Å². The van der Waals surface area contributed by atoms with Gasteiger partial charge in [0.1, 0.15) is 11.5 Å². The maximum Gasteiger partial charge on any atom is 0.244 e. The van der Waals surface area contributed by atoms with Gasteiger partial charge >= 0.3 is 0 Å². The Hall–Kier alpha value is -2.81. The van der Waals surface area contributed by atoms with Crippen molar-refractivity contribution in [3.05, 3.63) is 84.0 Å². The Kier molecular flexibility index (Phi) is 6.18. The number of carbonyl (C=O) groups is 1. The van der Waals surface area contributed by atoms with E-state index in [0.717, 1.165) is 22.6 Å². The molecule has 0 aliphatic carbocycles. The summed E-state index contributed by atoms with van der Waals surface area (Å²) in [5, 5.41) is 2.86. The van der Waals surface area contributed by atoms with E-state index in [1.54, 1.807) is 6.08 Å². The highest BCUT2D eigenvalue weighted by Crippen LogP contribution is 2.27. The van der Waals surface area contributed by atoms with Crippen molar-refractivity contribution in [2.24, 2.45) is 0 Å². The van der Waals surface area contributed by atoms with Gasteiger partial charge in [-0.05, 0) is 31.5 Å². The maximum atomic E-state index is 11.7. The van der Waals surface area contributed by atoms with E-state index < -0.39 is 0 Å². The zero-order valence-corrected chi connectivity index (χ0v) is 13.5. The third-order valence-electron chi connectivity index (χ3n) is 3.29. The van der Waals surface area contributed by atoms with Crippen molar-refractivity contribution in [3.8, 4) is 11.5 Å². The van der Waals surface area contributed by atoms with E-state index in [4.69, 9.17) is 4.74 Å². The van der Waals surface area contributed by atoms with Gasteiger partial charge in [-0.1, -0.05) is 54.6 Å². The number of benzene rings is 2. The molecule has 1 N–H and O–H groups in total. The van der Waals surface area contributed by atoms with Crippen LogP contribution in [-0.2, 0) is 11.3 Å². The van der Waals surface area contributed by atoms with Gasteiger partial charge < -0.3 is 10.1 Å². The van der Waals surface area contributed by atoms with Gasteiger partial charge in [0.05, 0.1) is 0 Å². The number of hydrogen-bond donors (Lipinski definition) is 1. The lowest BCUT2D eigenvalue weighted by atomic mass is 10.2. The van der Waals surface area contributed by atoms with E-state index >= 15 is 0 Å². The summed E-state index contributed by atoms with van der Waals surface area (Å²) in [6.45, 7) is 4.33. The quantitative estimate of drug-likeness (QED) is 0.628. The topological polar surface area (TPSA) is 38.3 Å². The summed E-state index contributed by atoms with van der Waals surface area (Å²) in [4.78, 5) is 11.7. The average Bonchev–Trinajstić information content (AvgIpc) is 2.56. The highest BCUT2D eigenvalue weighted by molar-refractivity contribution is 5.87. The normalized spacial score (nSPS) is 11.0. The Morgan fingerprint density at radius 3 is 2.48 bits per heavy atom. The highest BCUT2D eigenvalue weighted by atomic mass is 16.5. The molecule has 0 aliphatic heterocycles. The van der Waals surface area contributed by atoms with Crippen LogP contribution in [0.2, 0.25) is 0 Å². The van der Waals surface area contributed by atoms with E-state index in [-0.39, 0.29) is 5.91 Å². The Bertz CT molecular complexity index is 717. The Morgan fingerprint density at radius 2 is 1.74 bits per heavy atom. The SMILES string of the molecule is CC=CC=CC(=O)NCc1ccccc1Oc1ccccc1C. The first kappa shape index (κ1) is 16.6. The number of aryl methyl sites for hydroxylation is 1. The van der Waals surface area contributed by atoms with Crippen LogP contribution in [0.3, 0.4) is 0 Å². The molecule has 0 atom stereocenters. The lowest BCUT2D eigenvalue weighted by Crippen LogP contribution is -2.20. The van der Waals surface area contributed by atoms with Crippen LogP contribution in [0.25, 0.3) is 0 Å². The molecule has 23 heavy (non-hydrogen) atoms. The second-order valence-electron chi connectivity index (χ2n) is 5.08. The fraction of sp³-hybridized carbons (Fsp3) is 0.150. The Morgan fingerprint density at radius 1 is 1.04 bits per heavy atom. The molecule has 3 heteroatoms. The molecule has 0 unspecified atom stereocenters. The molecule has 0 saturated carbocycles. The third kappa shape index (κ3) is 5.15. The number of ether oxygens (including phenoxy) is 1. The van der Waals surface area contributed by atoms with Crippen molar-refractivity contribution >= 4 is 5.91 Å². The molecule has 2 aromatic carbocycles. The van der Waals surface area contributed by atoms with E-state index in [9.17, 15) is 4.79 Å². The number of rotatable bonds is 6. The summed E-state index contributed by atoms with van der Waals surface area (Å²) < 4.78 is 5.99. The lowest BCUT2D eigenvalue weighted by molar-refractivity contribution is -0.116. The molecule has 0 aliphatic rings. The second-order valence-corrected chi connectivity index (χ2v) is 5.08. The highest BCUT2D eigenvalue weighted by Gasteiger charge is 2.06. The van der Waals surface area contributed by atoms with Gasteiger partial charge in [-0.15, -0.1) is 0 Å². The van der Waals surface area contributed by atoms with E-state index in [1.807, 2.05) is 74.5 Å². The van der Waals surface area contributed by atoms with Crippen molar-refractivity contribution in [1.29, 1.82) is 0 Å². The van der Waals surface area contributed by atoms with Crippen LogP contribution in [0, 0.1) is 6.92 Å². The monoisotopic (exact) mass is 307 g/mol. The number of hydrogen-bond acceptors (Lipinski definition) is 2. The summed E-state index contributed by atoms with van der Waals surface area (Å²) >= 11 is 0. The van der Waals surface area contributed by atoms with Crippen LogP contribution in [0.5, 0.6) is 11.5 Å². The maximum absolute atomic E-state index is 11.7. The van der Waals surface area contributed by atoms with E-state index in [2.05, 4.69) is 5.32 Å². The molecule has 0 spiro atoms. The summed E-state index contributed by atoms with van der Waals surface area (Å²) in [6, 6.07) is 15.6. The summed E-state index contributed by atoms with van der Waals surface area (Å²) in [6.07, 6.45) is 6.90. The summed E-state index contributed by atoms with van der Waals surface area (Å²) in [7, 11) is 0. The van der Waals surface area contributed by atoms with Crippen LogP contribution >= 0.6 is 0 Å². The molecule has 3 nitrogen and oxygen atoms in total. The molecule has 0 heterocycles. The van der Waals surface area contributed by atoms with Crippen LogP contribution < -0.4 is 10.1 Å². The first-order chi connectivity index (χ1) is 11.2. The smallest absolute Gasteiger partial charge is 0.244 e. The predicted molar refractivity (Wildman–Crippen MR) is 93.5 cm³/mol. The standard InChI is InChI=1S/C20H21NO2/c1-3-4-5-14-20(22)21-15-17-11-7-9-13-19(17)23-18-12-8-6-10-16(18)2/h3-14H,15H2,1-2H3,(H,21,22). The second kappa shape index (κ2) is 8.59. The number of nitrogens with one attached hydrogen (secondary N) is 1. The van der Waals surface area contributed by atoms with Gasteiger partial charge in [0, 0.05) is 18.2 Å². The number of allylic oxidation sites excluding steroid dienone is 3. The first-order valence-electron chi connectivity index (χ1n) is 7.59. The van der Waals surface area contributed by atoms with Crippen LogP contribution in [0.15, 0.2) is 72.8 Å². The predicted octanol–water partition coefficient (Wildman–Crippen LogP) is 4.54. The van der Waals surface area contributed by atoms with Gasteiger partial charge in [-0.3, -0.25) is 4.79 Å². The van der Waals surface area contributed by atoms with Gasteiger partial charge in [0.25, 0.3) is 0 Å². The molecule has 1 amide bonds. The number of para-hydroxylation sites is 2. The Labute approximate surface area is 137 Å². The molecule has 0 aromatic heterocycles. The molecular formula is C20H21NO2. The van der Waals surface area contributed by atoms with Gasteiger partial charge in [-0.25, -0.2) is 0 Å². The average molecular weight is 307 g/mol. The van der Waals surface area contributed by atoms with E-state index in [0.29, 0.717) is 6.54 Å². The summed E-state index contributed by atoms with van der Waals surface area (Å²) in [5.74, 6) is 1.44. The van der Waals surface area contributed by atoms with Crippen LogP contribution in [-0.4, -0.2) is 5.91 Å². The molecule has 0 fully saturated rings. The third-order valence-corrected chi connectivity index (χ3v) is 3.29. The number of amides is 1. The lowest BCUT2D eigenvalue weighted by Gasteiger charge is -2.13. The summed E-state index contributed by atoms with van der Waals surface area (Å²) in [5.41, 5.74) is 2.00. The van der Waals surface area contributed by atoms with Crippen molar-refractivity contribution in [2.75, 3.05) is 0 Å². The molecule has 0 radical (unpaired) electrons. The molecular weight excluding hydrogens is 286 g/mol. The Balaban J connectivity index is 2.06. The van der Waals surface area contributed by atoms with Crippen molar-refractivity contribution in [3.63, 3.8) is 0 Å². The zero-order valence-electron chi connectivity index (χ0n) is 13.5. The van der Waals surface area contributed by atoms with Crippen molar-refractivity contribution in [1.82, 2.24) is 5.32 Å². The fourth-order valence-electron chi connectivity index (χ4n) is 2.03. The van der Waals surface area contributed by atoms with Crippen LogP contribution in [0.4, 0.5) is 0 Å². The molecule has 0 saturated heterocycles. The fourth-order valence-corrected chi connectivity index (χ4v) is 2.03. The zero-order chi connectivity index (χ0) is 16.5. The van der Waals surface area contributed by atoms with Gasteiger partial charge in [-0.2, -0.15) is 0 Å². The largest absolute Gasteiger partial charge is 0.457 e. The van der Waals surface area contributed by atoms with Gasteiger partial charge in [0.2, 0.25) is 5.91 Å². The molecule has 0 bridgehead atoms. The minimum absolute atomic E-state index is 0.131. The van der Waals surface area contributed by atoms with Crippen molar-refractivity contribution < 1.29 is 9.53 Å². The molecule has 118 valence electrons. The van der Waals surface area contributed by atoms with Crippen LogP contribution in [0.1, 0.15) is 18.1 Å².